The summed E-state index contributed by atoms with van der Waals surface area (Å²) in [4.78, 5) is 6.17. The zero-order chi connectivity index (χ0) is 8.55. The fourth-order valence-corrected chi connectivity index (χ4v) is 1.87. The van der Waals surface area contributed by atoms with E-state index in [0.717, 1.165) is 17.4 Å². The van der Waals surface area contributed by atoms with Crippen LogP contribution in [0.3, 0.4) is 0 Å². The molecular formula is C7H10FN3S. The lowest BCUT2D eigenvalue weighted by Gasteiger charge is -2.33. The van der Waals surface area contributed by atoms with Crippen molar-refractivity contribution in [1.29, 1.82) is 0 Å². The quantitative estimate of drug-likeness (QED) is 0.698. The maximum absolute atomic E-state index is 12.5. The van der Waals surface area contributed by atoms with Gasteiger partial charge in [-0.15, -0.1) is 0 Å². The van der Waals surface area contributed by atoms with E-state index in [4.69, 9.17) is 0 Å². The van der Waals surface area contributed by atoms with Crippen LogP contribution >= 0.6 is 11.5 Å². The Morgan fingerprint density at radius 3 is 2.92 bits per heavy atom. The molecule has 12 heavy (non-hydrogen) atoms. The van der Waals surface area contributed by atoms with Gasteiger partial charge in [0.15, 0.2) is 0 Å². The van der Waals surface area contributed by atoms with E-state index in [1.165, 1.54) is 11.5 Å². The van der Waals surface area contributed by atoms with E-state index in [2.05, 4.69) is 9.36 Å². The summed E-state index contributed by atoms with van der Waals surface area (Å²) < 4.78 is 16.6. The molecule has 0 unspecified atom stereocenters. The number of hydrogen-bond acceptors (Lipinski definition) is 4. The van der Waals surface area contributed by atoms with Gasteiger partial charge in [-0.25, -0.2) is 9.37 Å². The van der Waals surface area contributed by atoms with Gasteiger partial charge in [-0.3, -0.25) is 0 Å². The molecular weight excluding hydrogens is 177 g/mol. The van der Waals surface area contributed by atoms with Gasteiger partial charge in [0, 0.05) is 18.0 Å². The van der Waals surface area contributed by atoms with Crippen molar-refractivity contribution < 1.29 is 4.39 Å². The SMILES string of the molecule is CCc1nsc(N2CC(F)C2)n1. The molecule has 0 aromatic carbocycles. The molecule has 1 aliphatic heterocycles. The van der Waals surface area contributed by atoms with Crippen molar-refractivity contribution in [3.63, 3.8) is 0 Å². The van der Waals surface area contributed by atoms with Crippen LogP contribution in [-0.4, -0.2) is 28.6 Å². The van der Waals surface area contributed by atoms with Crippen LogP contribution < -0.4 is 4.90 Å². The van der Waals surface area contributed by atoms with E-state index in [1.54, 1.807) is 0 Å². The number of aromatic nitrogens is 2. The molecule has 1 saturated heterocycles. The van der Waals surface area contributed by atoms with Gasteiger partial charge >= 0.3 is 0 Å². The van der Waals surface area contributed by atoms with Crippen molar-refractivity contribution in [2.24, 2.45) is 0 Å². The van der Waals surface area contributed by atoms with Crippen LogP contribution in [0.1, 0.15) is 12.7 Å². The monoisotopic (exact) mass is 187 g/mol. The summed E-state index contributed by atoms with van der Waals surface area (Å²) in [5, 5.41) is 0.862. The standard InChI is InChI=1S/C7H10FN3S/c1-2-6-9-7(12-10-6)11-3-5(8)4-11/h5H,2-4H2,1H3. The number of rotatable bonds is 2. The zero-order valence-electron chi connectivity index (χ0n) is 6.83. The molecule has 1 fully saturated rings. The van der Waals surface area contributed by atoms with Crippen molar-refractivity contribution >= 4 is 16.7 Å². The van der Waals surface area contributed by atoms with Gasteiger partial charge in [-0.05, 0) is 0 Å². The number of nitrogens with zero attached hydrogens (tertiary/aromatic N) is 3. The normalized spacial score (nSPS) is 18.0. The molecule has 0 saturated carbocycles. The lowest BCUT2D eigenvalue weighted by Crippen LogP contribution is -2.48. The minimum atomic E-state index is -0.668. The van der Waals surface area contributed by atoms with Crippen molar-refractivity contribution in [3.05, 3.63) is 5.82 Å². The summed E-state index contributed by atoms with van der Waals surface area (Å²) in [5.74, 6) is 0.859. The molecule has 2 heterocycles. The third-order valence-electron chi connectivity index (χ3n) is 1.88. The molecule has 1 aromatic heterocycles. The average Bonchev–Trinajstić information content (AvgIpc) is 2.46. The molecule has 0 spiro atoms. The number of aryl methyl sites for hydroxylation is 1. The van der Waals surface area contributed by atoms with Gasteiger partial charge in [0.2, 0.25) is 5.13 Å². The predicted molar refractivity (Wildman–Crippen MR) is 46.4 cm³/mol. The highest BCUT2D eigenvalue weighted by atomic mass is 32.1. The second kappa shape index (κ2) is 2.97. The summed E-state index contributed by atoms with van der Waals surface area (Å²) in [6, 6.07) is 0. The van der Waals surface area contributed by atoms with Crippen LogP contribution in [0.5, 0.6) is 0 Å². The molecule has 1 aromatic rings. The Labute approximate surface area is 74.4 Å². The van der Waals surface area contributed by atoms with E-state index in [1.807, 2.05) is 11.8 Å². The molecule has 0 atom stereocenters. The number of anilines is 1. The van der Waals surface area contributed by atoms with Gasteiger partial charge < -0.3 is 4.90 Å². The fourth-order valence-electron chi connectivity index (χ4n) is 1.10. The smallest absolute Gasteiger partial charge is 0.205 e. The summed E-state index contributed by atoms with van der Waals surface area (Å²) >= 11 is 1.36. The Morgan fingerprint density at radius 1 is 1.67 bits per heavy atom. The molecule has 5 heteroatoms. The van der Waals surface area contributed by atoms with Crippen LogP contribution in [0.25, 0.3) is 0 Å². The van der Waals surface area contributed by atoms with E-state index < -0.39 is 6.17 Å². The average molecular weight is 187 g/mol. The molecule has 0 aliphatic carbocycles. The summed E-state index contributed by atoms with van der Waals surface area (Å²) in [6.07, 6.45) is 0.183. The van der Waals surface area contributed by atoms with E-state index in [9.17, 15) is 4.39 Å². The lowest BCUT2D eigenvalue weighted by atomic mass is 10.2. The first-order chi connectivity index (χ1) is 5.79. The second-order valence-corrected chi connectivity index (χ2v) is 3.58. The Hall–Kier alpha value is -0.710. The van der Waals surface area contributed by atoms with E-state index >= 15 is 0 Å². The molecule has 2 rings (SSSR count). The van der Waals surface area contributed by atoms with E-state index in [0.29, 0.717) is 13.1 Å². The van der Waals surface area contributed by atoms with Gasteiger partial charge in [0.1, 0.15) is 12.0 Å². The highest BCUT2D eigenvalue weighted by molar-refractivity contribution is 7.09. The predicted octanol–water partition coefficient (Wildman–Crippen LogP) is 1.26. The van der Waals surface area contributed by atoms with Crippen molar-refractivity contribution in [2.45, 2.75) is 19.5 Å². The molecule has 0 amide bonds. The molecule has 0 bridgehead atoms. The molecule has 1 aliphatic rings. The molecule has 66 valence electrons. The highest BCUT2D eigenvalue weighted by Gasteiger charge is 2.28. The van der Waals surface area contributed by atoms with E-state index in [-0.39, 0.29) is 0 Å². The fraction of sp³-hybridized carbons (Fsp3) is 0.714. The Kier molecular flexibility index (Phi) is 1.96. The van der Waals surface area contributed by atoms with Crippen LogP contribution in [-0.2, 0) is 6.42 Å². The van der Waals surface area contributed by atoms with Crippen LogP contribution in [0.15, 0.2) is 0 Å². The van der Waals surface area contributed by atoms with Gasteiger partial charge in [-0.1, -0.05) is 6.92 Å². The van der Waals surface area contributed by atoms with Crippen molar-refractivity contribution in [1.82, 2.24) is 9.36 Å². The Bertz CT molecular complexity index is 269. The maximum atomic E-state index is 12.5. The van der Waals surface area contributed by atoms with Crippen molar-refractivity contribution in [2.75, 3.05) is 18.0 Å². The molecule has 0 radical (unpaired) electrons. The third kappa shape index (κ3) is 1.29. The van der Waals surface area contributed by atoms with Crippen LogP contribution in [0.4, 0.5) is 9.52 Å². The van der Waals surface area contributed by atoms with Gasteiger partial charge in [0.05, 0.1) is 13.1 Å². The molecule has 3 nitrogen and oxygen atoms in total. The number of halogens is 1. The number of alkyl halides is 1. The summed E-state index contributed by atoms with van der Waals surface area (Å²) in [7, 11) is 0. The first kappa shape index (κ1) is 7.91. The van der Waals surface area contributed by atoms with Crippen LogP contribution in [0.2, 0.25) is 0 Å². The minimum Gasteiger partial charge on any atom is -0.341 e. The first-order valence-corrected chi connectivity index (χ1v) is 4.78. The van der Waals surface area contributed by atoms with Gasteiger partial charge in [-0.2, -0.15) is 4.37 Å². The largest absolute Gasteiger partial charge is 0.341 e. The van der Waals surface area contributed by atoms with Crippen LogP contribution in [0, 0.1) is 0 Å². The third-order valence-corrected chi connectivity index (χ3v) is 2.70. The zero-order valence-corrected chi connectivity index (χ0v) is 7.64. The lowest BCUT2D eigenvalue weighted by molar-refractivity contribution is 0.274. The number of hydrogen-bond donors (Lipinski definition) is 0. The highest BCUT2D eigenvalue weighted by Crippen LogP contribution is 2.23. The van der Waals surface area contributed by atoms with Crippen molar-refractivity contribution in [3.8, 4) is 0 Å². The summed E-state index contributed by atoms with van der Waals surface area (Å²) in [6.45, 7) is 2.98. The van der Waals surface area contributed by atoms with Gasteiger partial charge in [0.25, 0.3) is 0 Å². The molecule has 0 N–H and O–H groups in total. The maximum Gasteiger partial charge on any atom is 0.205 e. The second-order valence-electron chi connectivity index (χ2n) is 2.85. The minimum absolute atomic E-state index is 0.484. The topological polar surface area (TPSA) is 29.0 Å². The summed E-state index contributed by atoms with van der Waals surface area (Å²) in [5.41, 5.74) is 0. The Balaban J connectivity index is 2.04. The Morgan fingerprint density at radius 2 is 2.42 bits per heavy atom. The first-order valence-electron chi connectivity index (χ1n) is 4.01.